The fourth-order valence-corrected chi connectivity index (χ4v) is 2.89. The molecule has 0 bridgehead atoms. The number of hydrogen-bond donors (Lipinski definition) is 1. The van der Waals surface area contributed by atoms with Crippen molar-refractivity contribution in [2.75, 3.05) is 0 Å². The normalized spacial score (nSPS) is 12.7. The predicted octanol–water partition coefficient (Wildman–Crippen LogP) is 3.26. The number of aryl methyl sites for hydroxylation is 1. The molecular weight excluding hydrogens is 272 g/mol. The molecule has 0 aliphatic carbocycles. The lowest BCUT2D eigenvalue weighted by molar-refractivity contribution is 0.833. The minimum Gasteiger partial charge on any atom is -0.318 e. The Labute approximate surface area is 101 Å². The topological polar surface area (TPSA) is 38.9 Å². The van der Waals surface area contributed by atoms with Crippen molar-refractivity contribution in [1.29, 1.82) is 0 Å². The Hall–Kier alpha value is -0.710. The standard InChI is InChI=1S/C11H11BrN2S/c1-7-4-6-15-11(7)9(13)10-8(12)3-2-5-14-10/h2-6,9H,13H2,1H3. The molecule has 1 atom stereocenters. The first kappa shape index (κ1) is 10.8. The second-order valence-corrected chi connectivity index (χ2v) is 5.12. The van der Waals surface area contributed by atoms with Crippen molar-refractivity contribution >= 4 is 27.3 Å². The van der Waals surface area contributed by atoms with E-state index in [9.17, 15) is 0 Å². The van der Waals surface area contributed by atoms with E-state index in [1.807, 2.05) is 12.1 Å². The largest absolute Gasteiger partial charge is 0.318 e. The molecule has 2 heterocycles. The quantitative estimate of drug-likeness (QED) is 0.918. The number of aromatic nitrogens is 1. The highest BCUT2D eigenvalue weighted by atomic mass is 79.9. The van der Waals surface area contributed by atoms with Crippen LogP contribution in [0.2, 0.25) is 0 Å². The molecule has 0 spiro atoms. The van der Waals surface area contributed by atoms with Gasteiger partial charge in [-0.25, -0.2) is 0 Å². The van der Waals surface area contributed by atoms with E-state index in [0.29, 0.717) is 0 Å². The Morgan fingerprint density at radius 2 is 2.27 bits per heavy atom. The average Bonchev–Trinajstić information content (AvgIpc) is 2.64. The monoisotopic (exact) mass is 282 g/mol. The van der Waals surface area contributed by atoms with Crippen LogP contribution in [0.1, 0.15) is 22.2 Å². The molecule has 0 aromatic carbocycles. The maximum absolute atomic E-state index is 6.18. The van der Waals surface area contributed by atoms with E-state index in [4.69, 9.17) is 5.73 Å². The molecular formula is C11H11BrN2S. The summed E-state index contributed by atoms with van der Waals surface area (Å²) in [6, 6.07) is 5.80. The molecule has 2 nitrogen and oxygen atoms in total. The van der Waals surface area contributed by atoms with Gasteiger partial charge < -0.3 is 5.73 Å². The number of nitrogens with zero attached hydrogens (tertiary/aromatic N) is 1. The van der Waals surface area contributed by atoms with Crippen molar-refractivity contribution in [2.24, 2.45) is 5.73 Å². The third-order valence-corrected chi connectivity index (χ3v) is 4.04. The van der Waals surface area contributed by atoms with Gasteiger partial charge in [-0.3, -0.25) is 4.98 Å². The molecule has 1 unspecified atom stereocenters. The zero-order valence-corrected chi connectivity index (χ0v) is 10.7. The van der Waals surface area contributed by atoms with E-state index in [1.54, 1.807) is 17.5 Å². The van der Waals surface area contributed by atoms with Gasteiger partial charge in [-0.1, -0.05) is 0 Å². The van der Waals surface area contributed by atoms with E-state index in [-0.39, 0.29) is 6.04 Å². The van der Waals surface area contributed by atoms with E-state index >= 15 is 0 Å². The molecule has 78 valence electrons. The van der Waals surface area contributed by atoms with Gasteiger partial charge in [0.1, 0.15) is 0 Å². The van der Waals surface area contributed by atoms with Crippen LogP contribution in [0.3, 0.4) is 0 Å². The second-order valence-electron chi connectivity index (χ2n) is 3.32. The van der Waals surface area contributed by atoms with Gasteiger partial charge in [0, 0.05) is 15.5 Å². The number of hydrogen-bond acceptors (Lipinski definition) is 3. The molecule has 2 aromatic rings. The van der Waals surface area contributed by atoms with Gasteiger partial charge in [0.15, 0.2) is 0 Å². The fraction of sp³-hybridized carbons (Fsp3) is 0.182. The third kappa shape index (κ3) is 2.12. The molecule has 4 heteroatoms. The highest BCUT2D eigenvalue weighted by Gasteiger charge is 2.16. The van der Waals surface area contributed by atoms with Crippen LogP contribution >= 0.6 is 27.3 Å². The highest BCUT2D eigenvalue weighted by Crippen LogP contribution is 2.29. The number of halogens is 1. The van der Waals surface area contributed by atoms with Gasteiger partial charge in [0.05, 0.1) is 11.7 Å². The summed E-state index contributed by atoms with van der Waals surface area (Å²) in [6.45, 7) is 2.07. The lowest BCUT2D eigenvalue weighted by Gasteiger charge is -2.11. The summed E-state index contributed by atoms with van der Waals surface area (Å²) in [5.41, 5.74) is 8.30. The van der Waals surface area contributed by atoms with Crippen molar-refractivity contribution in [3.8, 4) is 0 Å². The minimum absolute atomic E-state index is 0.138. The SMILES string of the molecule is Cc1ccsc1C(N)c1ncccc1Br. The minimum atomic E-state index is -0.138. The Kier molecular flexibility index (Phi) is 3.19. The van der Waals surface area contributed by atoms with E-state index in [1.165, 1.54) is 10.4 Å². The second kappa shape index (κ2) is 4.43. The van der Waals surface area contributed by atoms with Crippen molar-refractivity contribution in [3.63, 3.8) is 0 Å². The molecule has 0 saturated carbocycles. The Morgan fingerprint density at radius 1 is 1.47 bits per heavy atom. The number of thiophene rings is 1. The molecule has 0 saturated heterocycles. The van der Waals surface area contributed by atoms with Crippen LogP contribution < -0.4 is 5.73 Å². The van der Waals surface area contributed by atoms with Crippen LogP contribution in [0.25, 0.3) is 0 Å². The first-order valence-corrected chi connectivity index (χ1v) is 6.27. The summed E-state index contributed by atoms with van der Waals surface area (Å²) >= 11 is 5.14. The van der Waals surface area contributed by atoms with E-state index < -0.39 is 0 Å². The van der Waals surface area contributed by atoms with E-state index in [0.717, 1.165) is 10.2 Å². The summed E-state index contributed by atoms with van der Waals surface area (Å²) in [5.74, 6) is 0. The molecule has 0 amide bonds. The molecule has 0 aliphatic rings. The molecule has 15 heavy (non-hydrogen) atoms. The van der Waals surface area contributed by atoms with Crippen molar-refractivity contribution in [1.82, 2.24) is 4.98 Å². The first-order valence-electron chi connectivity index (χ1n) is 4.60. The maximum Gasteiger partial charge on any atom is 0.0834 e. The molecule has 0 radical (unpaired) electrons. The van der Waals surface area contributed by atoms with Gasteiger partial charge in [-0.2, -0.15) is 0 Å². The number of pyridine rings is 1. The molecule has 2 rings (SSSR count). The molecule has 2 aromatic heterocycles. The number of nitrogens with two attached hydrogens (primary N) is 1. The van der Waals surface area contributed by atoms with Crippen molar-refractivity contribution < 1.29 is 0 Å². The maximum atomic E-state index is 6.18. The zero-order chi connectivity index (χ0) is 10.8. The van der Waals surface area contributed by atoms with Gasteiger partial charge in [-0.05, 0) is 52.0 Å². The molecule has 0 fully saturated rings. The predicted molar refractivity (Wildman–Crippen MR) is 67.0 cm³/mol. The van der Waals surface area contributed by atoms with Gasteiger partial charge >= 0.3 is 0 Å². The fourth-order valence-electron chi connectivity index (χ4n) is 1.45. The molecule has 2 N–H and O–H groups in total. The van der Waals surface area contributed by atoms with Crippen LogP contribution in [0.4, 0.5) is 0 Å². The summed E-state index contributed by atoms with van der Waals surface area (Å²) < 4.78 is 0.963. The molecule has 0 aliphatic heterocycles. The zero-order valence-electron chi connectivity index (χ0n) is 8.27. The van der Waals surface area contributed by atoms with E-state index in [2.05, 4.69) is 39.3 Å². The van der Waals surface area contributed by atoms with Gasteiger partial charge in [0.2, 0.25) is 0 Å². The van der Waals surface area contributed by atoms with Crippen LogP contribution in [-0.2, 0) is 0 Å². The summed E-state index contributed by atoms with van der Waals surface area (Å²) in [6.07, 6.45) is 1.77. The summed E-state index contributed by atoms with van der Waals surface area (Å²) in [5, 5.41) is 2.06. The van der Waals surface area contributed by atoms with Gasteiger partial charge in [-0.15, -0.1) is 11.3 Å². The van der Waals surface area contributed by atoms with Crippen LogP contribution in [0, 0.1) is 6.92 Å². The lowest BCUT2D eigenvalue weighted by Crippen LogP contribution is -2.13. The third-order valence-electron chi connectivity index (χ3n) is 2.27. The Morgan fingerprint density at radius 3 is 2.87 bits per heavy atom. The first-order chi connectivity index (χ1) is 7.20. The smallest absolute Gasteiger partial charge is 0.0834 e. The van der Waals surface area contributed by atoms with Gasteiger partial charge in [0.25, 0.3) is 0 Å². The summed E-state index contributed by atoms with van der Waals surface area (Å²) in [7, 11) is 0. The van der Waals surface area contributed by atoms with Crippen LogP contribution in [-0.4, -0.2) is 4.98 Å². The number of rotatable bonds is 2. The van der Waals surface area contributed by atoms with Crippen LogP contribution in [0.5, 0.6) is 0 Å². The highest BCUT2D eigenvalue weighted by molar-refractivity contribution is 9.10. The Bertz CT molecular complexity index is 467. The van der Waals surface area contributed by atoms with Crippen molar-refractivity contribution in [3.05, 3.63) is 50.4 Å². The van der Waals surface area contributed by atoms with Crippen molar-refractivity contribution in [2.45, 2.75) is 13.0 Å². The Balaban J connectivity index is 2.41. The lowest BCUT2D eigenvalue weighted by atomic mass is 10.1. The summed E-state index contributed by atoms with van der Waals surface area (Å²) in [4.78, 5) is 5.49. The van der Waals surface area contributed by atoms with Crippen LogP contribution in [0.15, 0.2) is 34.2 Å². The average molecular weight is 283 g/mol.